The monoisotopic (exact) mass is 397 g/mol. The Morgan fingerprint density at radius 2 is 1.96 bits per heavy atom. The predicted molar refractivity (Wildman–Crippen MR) is 96.7 cm³/mol. The van der Waals surface area contributed by atoms with Crippen LogP contribution in [-0.4, -0.2) is 35.0 Å². The number of carbonyl (C=O) groups excluding carboxylic acids is 2. The molecule has 0 bridgehead atoms. The topological polar surface area (TPSA) is 75.4 Å². The standard InChI is InChI=1S/C19H22F3N3O3/c1-3-4-5-9-25(12-17(26)23-16-10-13(2)28-24-16)18(27)14-7-6-8-15(11-14)19(20,21)22/h6-8,10-11H,3-5,9,12H2,1-2H3,(H,23,24,26). The number of hydrogen-bond donors (Lipinski definition) is 1. The number of unbranched alkanes of at least 4 members (excludes halogenated alkanes) is 2. The summed E-state index contributed by atoms with van der Waals surface area (Å²) >= 11 is 0. The van der Waals surface area contributed by atoms with Crippen LogP contribution >= 0.6 is 0 Å². The normalized spacial score (nSPS) is 11.3. The molecule has 9 heteroatoms. The average molecular weight is 397 g/mol. The van der Waals surface area contributed by atoms with Gasteiger partial charge in [0.05, 0.1) is 5.56 Å². The Morgan fingerprint density at radius 1 is 1.21 bits per heavy atom. The highest BCUT2D eigenvalue weighted by Crippen LogP contribution is 2.29. The number of amides is 2. The van der Waals surface area contributed by atoms with E-state index in [0.717, 1.165) is 25.0 Å². The molecule has 0 fully saturated rings. The van der Waals surface area contributed by atoms with E-state index in [9.17, 15) is 22.8 Å². The molecule has 0 radical (unpaired) electrons. The van der Waals surface area contributed by atoms with Gasteiger partial charge in [0.1, 0.15) is 12.3 Å². The zero-order valence-electron chi connectivity index (χ0n) is 15.7. The number of nitrogens with zero attached hydrogens (tertiary/aromatic N) is 2. The van der Waals surface area contributed by atoms with Crippen LogP contribution < -0.4 is 5.32 Å². The fourth-order valence-electron chi connectivity index (χ4n) is 2.60. The molecule has 0 spiro atoms. The number of carbonyl (C=O) groups is 2. The van der Waals surface area contributed by atoms with Crippen LogP contribution in [0.5, 0.6) is 0 Å². The van der Waals surface area contributed by atoms with E-state index in [1.54, 1.807) is 6.92 Å². The molecule has 1 aromatic heterocycles. The minimum Gasteiger partial charge on any atom is -0.360 e. The van der Waals surface area contributed by atoms with Gasteiger partial charge in [-0.2, -0.15) is 13.2 Å². The highest BCUT2D eigenvalue weighted by atomic mass is 19.4. The quantitative estimate of drug-likeness (QED) is 0.675. The van der Waals surface area contributed by atoms with Crippen molar-refractivity contribution >= 4 is 17.6 Å². The lowest BCUT2D eigenvalue weighted by Crippen LogP contribution is -2.38. The van der Waals surface area contributed by atoms with Gasteiger partial charge in [0.15, 0.2) is 5.82 Å². The molecule has 2 rings (SSSR count). The maximum atomic E-state index is 12.9. The highest BCUT2D eigenvalue weighted by Gasteiger charge is 2.31. The van der Waals surface area contributed by atoms with Gasteiger partial charge in [-0.3, -0.25) is 9.59 Å². The fourth-order valence-corrected chi connectivity index (χ4v) is 2.60. The summed E-state index contributed by atoms with van der Waals surface area (Å²) in [6.45, 7) is 3.61. The molecule has 6 nitrogen and oxygen atoms in total. The highest BCUT2D eigenvalue weighted by molar-refractivity contribution is 5.99. The van der Waals surface area contributed by atoms with E-state index < -0.39 is 23.6 Å². The first-order chi connectivity index (χ1) is 13.2. The molecule has 1 heterocycles. The van der Waals surface area contributed by atoms with E-state index in [4.69, 9.17) is 4.52 Å². The number of hydrogen-bond acceptors (Lipinski definition) is 4. The van der Waals surface area contributed by atoms with Gasteiger partial charge in [0.2, 0.25) is 5.91 Å². The fraction of sp³-hybridized carbons (Fsp3) is 0.421. The van der Waals surface area contributed by atoms with Crippen LogP contribution in [0, 0.1) is 6.92 Å². The number of alkyl halides is 3. The van der Waals surface area contributed by atoms with E-state index >= 15 is 0 Å². The SMILES string of the molecule is CCCCCN(CC(=O)Nc1cc(C)on1)C(=O)c1cccc(C(F)(F)F)c1. The summed E-state index contributed by atoms with van der Waals surface area (Å²) in [5.41, 5.74) is -1.02. The van der Waals surface area contributed by atoms with Crippen molar-refractivity contribution in [1.82, 2.24) is 10.1 Å². The second kappa shape index (κ2) is 9.38. The lowest BCUT2D eigenvalue weighted by molar-refractivity contribution is -0.137. The third kappa shape index (κ3) is 6.11. The van der Waals surface area contributed by atoms with Crippen LogP contribution in [-0.2, 0) is 11.0 Å². The minimum atomic E-state index is -4.55. The zero-order chi connectivity index (χ0) is 20.7. The van der Waals surface area contributed by atoms with Crippen LogP contribution in [0.4, 0.5) is 19.0 Å². The van der Waals surface area contributed by atoms with E-state index in [2.05, 4.69) is 10.5 Å². The van der Waals surface area contributed by atoms with Gasteiger partial charge in [-0.1, -0.05) is 31.0 Å². The Morgan fingerprint density at radius 3 is 2.57 bits per heavy atom. The molecule has 0 atom stereocenters. The van der Waals surface area contributed by atoms with Crippen LogP contribution in [0.15, 0.2) is 34.9 Å². The number of aromatic nitrogens is 1. The number of halogens is 3. The minimum absolute atomic E-state index is 0.114. The van der Waals surface area contributed by atoms with Crippen molar-refractivity contribution in [2.24, 2.45) is 0 Å². The largest absolute Gasteiger partial charge is 0.416 e. The van der Waals surface area contributed by atoms with Crippen molar-refractivity contribution in [2.45, 2.75) is 39.3 Å². The Bertz CT molecular complexity index is 818. The Balaban J connectivity index is 2.14. The molecule has 0 aliphatic carbocycles. The molecule has 0 unspecified atom stereocenters. The van der Waals surface area contributed by atoms with E-state index in [1.165, 1.54) is 23.1 Å². The first-order valence-corrected chi connectivity index (χ1v) is 8.90. The van der Waals surface area contributed by atoms with Gasteiger partial charge in [-0.05, 0) is 31.5 Å². The van der Waals surface area contributed by atoms with E-state index in [0.29, 0.717) is 12.2 Å². The lowest BCUT2D eigenvalue weighted by atomic mass is 10.1. The number of nitrogens with one attached hydrogen (secondary N) is 1. The first-order valence-electron chi connectivity index (χ1n) is 8.90. The van der Waals surface area contributed by atoms with Gasteiger partial charge in [-0.15, -0.1) is 0 Å². The summed E-state index contributed by atoms with van der Waals surface area (Å²) in [6, 6.07) is 5.71. The van der Waals surface area contributed by atoms with Crippen molar-refractivity contribution in [3.05, 3.63) is 47.2 Å². The van der Waals surface area contributed by atoms with Crippen molar-refractivity contribution in [1.29, 1.82) is 0 Å². The summed E-state index contributed by atoms with van der Waals surface area (Å²) in [6.07, 6.45) is -2.18. The van der Waals surface area contributed by atoms with Crippen LogP contribution in [0.3, 0.4) is 0 Å². The molecule has 2 amide bonds. The predicted octanol–water partition coefficient (Wildman–Crippen LogP) is 4.27. The third-order valence-corrected chi connectivity index (χ3v) is 3.99. The van der Waals surface area contributed by atoms with Gasteiger partial charge >= 0.3 is 6.18 Å². The number of anilines is 1. The molecule has 0 aliphatic heterocycles. The zero-order valence-corrected chi connectivity index (χ0v) is 15.7. The molecule has 0 saturated heterocycles. The Kier molecular flexibility index (Phi) is 7.19. The molecule has 152 valence electrons. The van der Waals surface area contributed by atoms with Crippen LogP contribution in [0.2, 0.25) is 0 Å². The summed E-state index contributed by atoms with van der Waals surface area (Å²) < 4.78 is 43.7. The van der Waals surface area contributed by atoms with E-state index in [-0.39, 0.29) is 24.5 Å². The van der Waals surface area contributed by atoms with Crippen molar-refractivity contribution < 1.29 is 27.3 Å². The number of benzene rings is 1. The van der Waals surface area contributed by atoms with Gasteiger partial charge in [-0.25, -0.2) is 0 Å². The first kappa shape index (κ1) is 21.5. The number of aryl methyl sites for hydroxylation is 1. The van der Waals surface area contributed by atoms with Gasteiger partial charge in [0, 0.05) is 18.2 Å². The Hall–Kier alpha value is -2.84. The smallest absolute Gasteiger partial charge is 0.360 e. The van der Waals surface area contributed by atoms with E-state index in [1.807, 2.05) is 6.92 Å². The molecule has 1 aromatic carbocycles. The van der Waals surface area contributed by atoms with Crippen molar-refractivity contribution in [3.63, 3.8) is 0 Å². The molecule has 0 saturated carbocycles. The maximum absolute atomic E-state index is 12.9. The summed E-state index contributed by atoms with van der Waals surface area (Å²) in [5, 5.41) is 6.15. The Labute approximate surface area is 160 Å². The molecule has 28 heavy (non-hydrogen) atoms. The summed E-state index contributed by atoms with van der Waals surface area (Å²) in [7, 11) is 0. The van der Waals surface area contributed by atoms with Crippen LogP contribution in [0.25, 0.3) is 0 Å². The number of rotatable bonds is 8. The van der Waals surface area contributed by atoms with Crippen molar-refractivity contribution in [2.75, 3.05) is 18.4 Å². The summed E-state index contributed by atoms with van der Waals surface area (Å²) in [4.78, 5) is 26.3. The molecular weight excluding hydrogens is 375 g/mol. The second-order valence-electron chi connectivity index (χ2n) is 6.38. The van der Waals surface area contributed by atoms with Crippen molar-refractivity contribution in [3.8, 4) is 0 Å². The van der Waals surface area contributed by atoms with Crippen LogP contribution in [0.1, 0.15) is 47.9 Å². The van der Waals surface area contributed by atoms with Gasteiger partial charge < -0.3 is 14.7 Å². The molecule has 1 N–H and O–H groups in total. The maximum Gasteiger partial charge on any atom is 0.416 e. The third-order valence-electron chi connectivity index (χ3n) is 3.99. The summed E-state index contributed by atoms with van der Waals surface area (Å²) in [5.74, 6) is -0.420. The lowest BCUT2D eigenvalue weighted by Gasteiger charge is -2.22. The molecular formula is C19H22F3N3O3. The average Bonchev–Trinajstić information content (AvgIpc) is 3.04. The molecule has 0 aliphatic rings. The van der Waals surface area contributed by atoms with Gasteiger partial charge in [0.25, 0.3) is 5.91 Å². The second-order valence-corrected chi connectivity index (χ2v) is 6.38. The molecule has 2 aromatic rings.